The Labute approximate surface area is 203 Å². The molecule has 1 unspecified atom stereocenters. The fourth-order valence-electron chi connectivity index (χ4n) is 3.87. The van der Waals surface area contributed by atoms with Gasteiger partial charge < -0.3 is 25.0 Å². The number of fused-ring (bicyclic) bond motifs is 1. The number of aliphatic hydroxyl groups excluding tert-OH is 3. The lowest BCUT2D eigenvalue weighted by Gasteiger charge is -2.26. The van der Waals surface area contributed by atoms with Crippen LogP contribution in [0.4, 0.5) is 11.4 Å². The zero-order valence-corrected chi connectivity index (χ0v) is 19.8. The number of aromatic nitrogens is 4. The number of ether oxygens (including phenoxy) is 1. The third kappa shape index (κ3) is 5.57. The standard InChI is InChI=1S/C25H30N6O4/c1-26-25(34)17-10-20(12-21(11-17)35-2)31(6-3-8-32)19-4-5-22-23(13-19)29-24(15-27-22)18-14-28-30(16-18)7-9-33/h4-5,10-16,25-26,32-34H,3,6-9H2,1-2H3. The Balaban J connectivity index is 1.75. The van der Waals surface area contributed by atoms with Gasteiger partial charge in [-0.05, 0) is 43.8 Å². The molecule has 0 spiro atoms. The minimum atomic E-state index is -0.847. The minimum Gasteiger partial charge on any atom is -0.497 e. The van der Waals surface area contributed by atoms with Crippen LogP contribution in [0.5, 0.6) is 5.75 Å². The van der Waals surface area contributed by atoms with E-state index in [1.807, 2.05) is 36.5 Å². The summed E-state index contributed by atoms with van der Waals surface area (Å²) >= 11 is 0. The van der Waals surface area contributed by atoms with E-state index in [-0.39, 0.29) is 13.2 Å². The Morgan fingerprint density at radius 3 is 2.66 bits per heavy atom. The monoisotopic (exact) mass is 478 g/mol. The number of rotatable bonds is 11. The average Bonchev–Trinajstić information content (AvgIpc) is 3.36. The fraction of sp³-hybridized carbons (Fsp3) is 0.320. The highest BCUT2D eigenvalue weighted by Gasteiger charge is 2.16. The van der Waals surface area contributed by atoms with E-state index in [1.165, 1.54) is 0 Å². The molecule has 0 fully saturated rings. The molecule has 0 radical (unpaired) electrons. The van der Waals surface area contributed by atoms with E-state index >= 15 is 0 Å². The predicted molar refractivity (Wildman–Crippen MR) is 134 cm³/mol. The van der Waals surface area contributed by atoms with E-state index < -0.39 is 6.23 Å². The van der Waals surface area contributed by atoms with Crippen molar-refractivity contribution in [3.63, 3.8) is 0 Å². The number of hydrogen-bond acceptors (Lipinski definition) is 9. The van der Waals surface area contributed by atoms with Crippen LogP contribution in [0.2, 0.25) is 0 Å². The van der Waals surface area contributed by atoms with Crippen LogP contribution in [-0.2, 0) is 6.54 Å². The van der Waals surface area contributed by atoms with Gasteiger partial charge in [-0.3, -0.25) is 15.0 Å². The normalized spacial score (nSPS) is 12.1. The Bertz CT molecular complexity index is 1280. The summed E-state index contributed by atoms with van der Waals surface area (Å²) in [5.41, 5.74) is 5.30. The molecule has 0 saturated heterocycles. The van der Waals surface area contributed by atoms with Crippen LogP contribution in [0.3, 0.4) is 0 Å². The van der Waals surface area contributed by atoms with Gasteiger partial charge in [0.25, 0.3) is 0 Å². The van der Waals surface area contributed by atoms with Gasteiger partial charge in [0.2, 0.25) is 0 Å². The molecule has 4 rings (SSSR count). The lowest BCUT2D eigenvalue weighted by atomic mass is 10.1. The van der Waals surface area contributed by atoms with Crippen LogP contribution in [0.25, 0.3) is 22.3 Å². The van der Waals surface area contributed by atoms with Crippen molar-refractivity contribution in [2.45, 2.75) is 19.2 Å². The lowest BCUT2D eigenvalue weighted by molar-refractivity contribution is 0.149. The molecule has 0 amide bonds. The van der Waals surface area contributed by atoms with Crippen molar-refractivity contribution in [1.29, 1.82) is 0 Å². The van der Waals surface area contributed by atoms with E-state index in [0.717, 1.165) is 22.5 Å². The molecular weight excluding hydrogens is 448 g/mol. The van der Waals surface area contributed by atoms with Gasteiger partial charge in [-0.15, -0.1) is 0 Å². The third-order valence-corrected chi connectivity index (χ3v) is 5.69. The first-order chi connectivity index (χ1) is 17.1. The van der Waals surface area contributed by atoms with E-state index in [4.69, 9.17) is 14.8 Å². The van der Waals surface area contributed by atoms with Crippen LogP contribution in [-0.4, -0.2) is 69.0 Å². The quantitative estimate of drug-likeness (QED) is 0.240. The Morgan fingerprint density at radius 2 is 1.91 bits per heavy atom. The van der Waals surface area contributed by atoms with Crippen molar-refractivity contribution in [2.75, 3.05) is 38.8 Å². The number of hydrogen-bond donors (Lipinski definition) is 4. The van der Waals surface area contributed by atoms with E-state index in [2.05, 4.69) is 20.3 Å². The summed E-state index contributed by atoms with van der Waals surface area (Å²) < 4.78 is 7.14. The highest BCUT2D eigenvalue weighted by atomic mass is 16.5. The van der Waals surface area contributed by atoms with Gasteiger partial charge in [-0.2, -0.15) is 5.10 Å². The molecule has 2 heterocycles. The molecule has 0 bridgehead atoms. The zero-order valence-electron chi connectivity index (χ0n) is 19.8. The molecule has 4 N–H and O–H groups in total. The van der Waals surface area contributed by atoms with Crippen molar-refractivity contribution in [3.05, 3.63) is 60.6 Å². The predicted octanol–water partition coefficient (Wildman–Crippen LogP) is 2.23. The van der Waals surface area contributed by atoms with Crippen molar-refractivity contribution < 1.29 is 20.1 Å². The molecule has 4 aromatic rings. The fourth-order valence-corrected chi connectivity index (χ4v) is 3.87. The summed E-state index contributed by atoms with van der Waals surface area (Å²) in [6.45, 7) is 1.01. The summed E-state index contributed by atoms with van der Waals surface area (Å²) in [6.07, 6.45) is 4.94. The highest BCUT2D eigenvalue weighted by Crippen LogP contribution is 2.33. The third-order valence-electron chi connectivity index (χ3n) is 5.69. The van der Waals surface area contributed by atoms with E-state index in [9.17, 15) is 10.2 Å². The van der Waals surface area contributed by atoms with Gasteiger partial charge in [0.1, 0.15) is 12.0 Å². The first-order valence-corrected chi connectivity index (χ1v) is 11.4. The van der Waals surface area contributed by atoms with Crippen LogP contribution < -0.4 is 15.0 Å². The minimum absolute atomic E-state index is 0.00882. The number of benzene rings is 2. The zero-order chi connectivity index (χ0) is 24.8. The topological polar surface area (TPSA) is 129 Å². The lowest BCUT2D eigenvalue weighted by Crippen LogP contribution is -2.21. The van der Waals surface area contributed by atoms with E-state index in [1.54, 1.807) is 37.3 Å². The van der Waals surface area contributed by atoms with Gasteiger partial charge >= 0.3 is 0 Å². The Morgan fingerprint density at radius 1 is 1.06 bits per heavy atom. The summed E-state index contributed by atoms with van der Waals surface area (Å²) in [7, 11) is 3.27. The number of methoxy groups -OCH3 is 1. The maximum Gasteiger partial charge on any atom is 0.131 e. The number of nitrogens with one attached hydrogen (secondary N) is 1. The Kier molecular flexibility index (Phi) is 7.88. The molecule has 10 heteroatoms. The molecule has 0 saturated carbocycles. The highest BCUT2D eigenvalue weighted by molar-refractivity contribution is 5.82. The van der Waals surface area contributed by atoms with Crippen molar-refractivity contribution in [2.24, 2.45) is 0 Å². The number of anilines is 2. The van der Waals surface area contributed by atoms with Crippen molar-refractivity contribution in [3.8, 4) is 17.0 Å². The van der Waals surface area contributed by atoms with Crippen LogP contribution in [0.15, 0.2) is 55.0 Å². The Hall–Kier alpha value is -3.57. The smallest absolute Gasteiger partial charge is 0.131 e. The molecule has 2 aromatic carbocycles. The maximum atomic E-state index is 10.4. The number of nitrogens with zero attached hydrogens (tertiary/aromatic N) is 5. The molecule has 10 nitrogen and oxygen atoms in total. The van der Waals surface area contributed by atoms with Crippen molar-refractivity contribution >= 4 is 22.4 Å². The SMILES string of the molecule is CNC(O)c1cc(OC)cc(N(CCCO)c2ccc3ncc(-c4cnn(CCO)c4)nc3c2)c1. The molecule has 1 atom stereocenters. The summed E-state index contributed by atoms with van der Waals surface area (Å²) in [5.74, 6) is 0.614. The van der Waals surface area contributed by atoms with Gasteiger partial charge in [0, 0.05) is 47.9 Å². The second-order valence-electron chi connectivity index (χ2n) is 8.03. The molecule has 0 aliphatic carbocycles. The van der Waals surface area contributed by atoms with Gasteiger partial charge in [0.05, 0.1) is 49.4 Å². The molecular formula is C25H30N6O4. The van der Waals surface area contributed by atoms with Crippen molar-refractivity contribution in [1.82, 2.24) is 25.1 Å². The molecule has 2 aromatic heterocycles. The first kappa shape index (κ1) is 24.6. The molecule has 0 aliphatic rings. The molecule has 35 heavy (non-hydrogen) atoms. The van der Waals surface area contributed by atoms with Gasteiger partial charge in [0.15, 0.2) is 0 Å². The summed E-state index contributed by atoms with van der Waals surface area (Å²) in [6, 6.07) is 11.4. The van der Waals surface area contributed by atoms with Gasteiger partial charge in [-0.1, -0.05) is 0 Å². The average molecular weight is 479 g/mol. The van der Waals surface area contributed by atoms with Crippen LogP contribution >= 0.6 is 0 Å². The maximum absolute atomic E-state index is 10.4. The second kappa shape index (κ2) is 11.2. The number of aliphatic hydroxyl groups is 3. The van der Waals surface area contributed by atoms with E-state index in [0.29, 0.717) is 42.0 Å². The first-order valence-electron chi connectivity index (χ1n) is 11.4. The summed E-state index contributed by atoms with van der Waals surface area (Å²) in [5, 5.41) is 36.1. The molecule has 184 valence electrons. The van der Waals surface area contributed by atoms with Gasteiger partial charge in [-0.25, -0.2) is 4.98 Å². The largest absolute Gasteiger partial charge is 0.497 e. The summed E-state index contributed by atoms with van der Waals surface area (Å²) in [4.78, 5) is 11.4. The van der Waals surface area contributed by atoms with Crippen LogP contribution in [0.1, 0.15) is 18.2 Å². The second-order valence-corrected chi connectivity index (χ2v) is 8.03. The van der Waals surface area contributed by atoms with Crippen LogP contribution in [0, 0.1) is 0 Å². The molecule has 0 aliphatic heterocycles.